The molecule has 98 valence electrons. The minimum absolute atomic E-state index is 0.309. The standard InChI is InChI=1S/C11H16N4O2S/c1-3-18-7-10-13-11(17-14-10)6-9(16)8-4-5-12-15(8)2/h4-5,9,16H,3,6-7H2,1-2H3. The van der Waals surface area contributed by atoms with Gasteiger partial charge in [-0.15, -0.1) is 0 Å². The molecule has 0 saturated carbocycles. The fraction of sp³-hybridized carbons (Fsp3) is 0.545. The average molecular weight is 268 g/mol. The van der Waals surface area contributed by atoms with E-state index in [4.69, 9.17) is 4.52 Å². The van der Waals surface area contributed by atoms with Crippen molar-refractivity contribution in [2.75, 3.05) is 5.75 Å². The van der Waals surface area contributed by atoms with E-state index >= 15 is 0 Å². The van der Waals surface area contributed by atoms with Crippen molar-refractivity contribution in [3.8, 4) is 0 Å². The molecule has 6 nitrogen and oxygen atoms in total. The first kappa shape index (κ1) is 13.1. The van der Waals surface area contributed by atoms with Crippen LogP contribution in [0.15, 0.2) is 16.8 Å². The highest BCUT2D eigenvalue weighted by Crippen LogP contribution is 2.17. The lowest BCUT2D eigenvalue weighted by atomic mass is 10.2. The van der Waals surface area contributed by atoms with Crippen LogP contribution in [0.3, 0.4) is 0 Å². The summed E-state index contributed by atoms with van der Waals surface area (Å²) in [6.45, 7) is 2.08. The Morgan fingerprint density at radius 2 is 2.39 bits per heavy atom. The second-order valence-electron chi connectivity index (χ2n) is 3.84. The van der Waals surface area contributed by atoms with Gasteiger partial charge >= 0.3 is 0 Å². The predicted molar refractivity (Wildman–Crippen MR) is 68.0 cm³/mol. The maximum absolute atomic E-state index is 10.0. The van der Waals surface area contributed by atoms with Crippen molar-refractivity contribution >= 4 is 11.8 Å². The lowest BCUT2D eigenvalue weighted by Gasteiger charge is -2.07. The molecular weight excluding hydrogens is 252 g/mol. The van der Waals surface area contributed by atoms with E-state index < -0.39 is 6.10 Å². The van der Waals surface area contributed by atoms with Crippen molar-refractivity contribution in [2.45, 2.75) is 25.2 Å². The summed E-state index contributed by atoms with van der Waals surface area (Å²) in [5.74, 6) is 2.88. The van der Waals surface area contributed by atoms with E-state index in [0.29, 0.717) is 18.1 Å². The Balaban J connectivity index is 1.97. The molecule has 0 amide bonds. The Labute approximate surface area is 109 Å². The Hall–Kier alpha value is -1.34. The Morgan fingerprint density at radius 3 is 3.06 bits per heavy atom. The summed E-state index contributed by atoms with van der Waals surface area (Å²) in [6.07, 6.45) is 1.28. The number of nitrogens with zero attached hydrogens (tertiary/aromatic N) is 4. The van der Waals surface area contributed by atoms with Gasteiger partial charge in [0.25, 0.3) is 0 Å². The molecule has 0 fully saturated rings. The maximum Gasteiger partial charge on any atom is 0.229 e. The molecule has 0 radical (unpaired) electrons. The SMILES string of the molecule is CCSCc1noc(CC(O)c2ccnn2C)n1. The number of thioether (sulfide) groups is 1. The number of aliphatic hydroxyl groups is 1. The summed E-state index contributed by atoms with van der Waals surface area (Å²) in [6, 6.07) is 1.77. The zero-order chi connectivity index (χ0) is 13.0. The highest BCUT2D eigenvalue weighted by atomic mass is 32.2. The molecule has 1 N–H and O–H groups in total. The van der Waals surface area contributed by atoms with Crippen LogP contribution in [0, 0.1) is 0 Å². The molecule has 18 heavy (non-hydrogen) atoms. The summed E-state index contributed by atoms with van der Waals surface area (Å²) in [5, 5.41) is 17.9. The van der Waals surface area contributed by atoms with Gasteiger partial charge < -0.3 is 9.63 Å². The number of aryl methyl sites for hydroxylation is 1. The third kappa shape index (κ3) is 3.11. The summed E-state index contributed by atoms with van der Waals surface area (Å²) in [4.78, 5) is 4.24. The van der Waals surface area contributed by atoms with Crippen LogP contribution in [0.1, 0.15) is 30.4 Å². The van der Waals surface area contributed by atoms with Crippen LogP contribution in [-0.4, -0.2) is 30.8 Å². The second-order valence-corrected chi connectivity index (χ2v) is 5.12. The Bertz CT molecular complexity index is 497. The number of hydrogen-bond donors (Lipinski definition) is 1. The molecule has 0 bridgehead atoms. The van der Waals surface area contributed by atoms with Gasteiger partial charge in [-0.25, -0.2) is 0 Å². The van der Waals surface area contributed by atoms with Crippen molar-refractivity contribution in [3.05, 3.63) is 29.7 Å². The van der Waals surface area contributed by atoms with Gasteiger partial charge in [0.05, 0.1) is 17.9 Å². The number of hydrogen-bond acceptors (Lipinski definition) is 6. The zero-order valence-corrected chi connectivity index (χ0v) is 11.2. The van der Waals surface area contributed by atoms with Crippen molar-refractivity contribution in [3.63, 3.8) is 0 Å². The Morgan fingerprint density at radius 1 is 1.56 bits per heavy atom. The molecule has 1 unspecified atom stereocenters. The van der Waals surface area contributed by atoms with Crippen LogP contribution < -0.4 is 0 Å². The molecule has 2 rings (SSSR count). The minimum atomic E-state index is -0.676. The van der Waals surface area contributed by atoms with Gasteiger partial charge in [-0.2, -0.15) is 21.8 Å². The first-order chi connectivity index (χ1) is 8.70. The zero-order valence-electron chi connectivity index (χ0n) is 10.4. The fourth-order valence-electron chi connectivity index (χ4n) is 1.61. The molecule has 2 aromatic rings. The van der Waals surface area contributed by atoms with E-state index in [2.05, 4.69) is 22.2 Å². The van der Waals surface area contributed by atoms with Gasteiger partial charge in [-0.1, -0.05) is 12.1 Å². The summed E-state index contributed by atoms with van der Waals surface area (Å²) < 4.78 is 6.74. The van der Waals surface area contributed by atoms with Gasteiger partial charge in [0.15, 0.2) is 5.82 Å². The van der Waals surface area contributed by atoms with E-state index in [1.165, 1.54) is 0 Å². The molecule has 1 atom stereocenters. The third-order valence-corrected chi connectivity index (χ3v) is 3.38. The van der Waals surface area contributed by atoms with Crippen molar-refractivity contribution < 1.29 is 9.63 Å². The lowest BCUT2D eigenvalue weighted by Crippen LogP contribution is -2.08. The van der Waals surface area contributed by atoms with E-state index in [1.807, 2.05) is 0 Å². The van der Waals surface area contributed by atoms with E-state index in [1.54, 1.807) is 35.8 Å². The largest absolute Gasteiger partial charge is 0.386 e. The number of rotatable bonds is 6. The van der Waals surface area contributed by atoms with Gasteiger partial charge in [0.1, 0.15) is 6.10 Å². The molecule has 0 aliphatic heterocycles. The van der Waals surface area contributed by atoms with Crippen LogP contribution in [0.25, 0.3) is 0 Å². The normalized spacial score (nSPS) is 12.8. The third-order valence-electron chi connectivity index (χ3n) is 2.51. The fourth-order valence-corrected chi connectivity index (χ4v) is 2.11. The monoisotopic (exact) mass is 268 g/mol. The average Bonchev–Trinajstić information content (AvgIpc) is 2.95. The first-order valence-electron chi connectivity index (χ1n) is 5.76. The van der Waals surface area contributed by atoms with Crippen molar-refractivity contribution in [2.24, 2.45) is 7.05 Å². The quantitative estimate of drug-likeness (QED) is 0.851. The molecule has 0 aromatic carbocycles. The summed E-state index contributed by atoms with van der Waals surface area (Å²) in [7, 11) is 1.79. The van der Waals surface area contributed by atoms with Gasteiger partial charge in [0.2, 0.25) is 5.89 Å². The highest BCUT2D eigenvalue weighted by molar-refractivity contribution is 7.98. The molecule has 0 aliphatic rings. The van der Waals surface area contributed by atoms with Crippen LogP contribution in [0.5, 0.6) is 0 Å². The molecule has 2 heterocycles. The molecule has 0 saturated heterocycles. The topological polar surface area (TPSA) is 77.0 Å². The number of aliphatic hydroxyl groups excluding tert-OH is 1. The molecule has 0 aliphatic carbocycles. The van der Waals surface area contributed by atoms with Gasteiger partial charge in [0, 0.05) is 13.2 Å². The van der Waals surface area contributed by atoms with Crippen LogP contribution in [-0.2, 0) is 19.2 Å². The molecule has 2 aromatic heterocycles. The Kier molecular flexibility index (Phi) is 4.38. The first-order valence-corrected chi connectivity index (χ1v) is 6.91. The maximum atomic E-state index is 10.0. The van der Waals surface area contributed by atoms with Crippen LogP contribution in [0.2, 0.25) is 0 Å². The van der Waals surface area contributed by atoms with Gasteiger partial charge in [-0.05, 0) is 11.8 Å². The second kappa shape index (κ2) is 6.01. The molecular formula is C11H16N4O2S. The van der Waals surface area contributed by atoms with E-state index in [0.717, 1.165) is 17.2 Å². The number of aromatic nitrogens is 4. The van der Waals surface area contributed by atoms with E-state index in [9.17, 15) is 5.11 Å². The van der Waals surface area contributed by atoms with E-state index in [-0.39, 0.29) is 0 Å². The molecule has 7 heteroatoms. The smallest absolute Gasteiger partial charge is 0.229 e. The van der Waals surface area contributed by atoms with Crippen LogP contribution >= 0.6 is 11.8 Å². The van der Waals surface area contributed by atoms with Gasteiger partial charge in [-0.3, -0.25) is 4.68 Å². The highest BCUT2D eigenvalue weighted by Gasteiger charge is 2.16. The minimum Gasteiger partial charge on any atom is -0.386 e. The van der Waals surface area contributed by atoms with Crippen LogP contribution in [0.4, 0.5) is 0 Å². The predicted octanol–water partition coefficient (Wildman–Crippen LogP) is 1.33. The summed E-state index contributed by atoms with van der Waals surface area (Å²) >= 11 is 1.73. The molecule has 0 spiro atoms. The van der Waals surface area contributed by atoms with Crippen molar-refractivity contribution in [1.82, 2.24) is 19.9 Å². The summed E-state index contributed by atoms with van der Waals surface area (Å²) in [5.41, 5.74) is 0.734. The lowest BCUT2D eigenvalue weighted by molar-refractivity contribution is 0.155. The van der Waals surface area contributed by atoms with Crippen molar-refractivity contribution in [1.29, 1.82) is 0 Å².